The number of rotatable bonds is 2. The highest BCUT2D eigenvalue weighted by molar-refractivity contribution is 5.44. The first-order chi connectivity index (χ1) is 9.78. The molecule has 0 spiro atoms. The minimum Gasteiger partial charge on any atom is -0.371 e. The highest BCUT2D eigenvalue weighted by atomic mass is 16.5. The van der Waals surface area contributed by atoms with Gasteiger partial charge in [-0.2, -0.15) is 15.0 Å². The number of nitrogens with zero attached hydrogens (tertiary/aromatic N) is 5. The van der Waals surface area contributed by atoms with Crippen LogP contribution in [0, 0.1) is 0 Å². The summed E-state index contributed by atoms with van der Waals surface area (Å²) in [7, 11) is 0. The number of anilines is 3. The Kier molecular flexibility index (Phi) is 2.87. The molecule has 2 N–H and O–H groups in total. The number of aromatic nitrogens is 3. The van der Waals surface area contributed by atoms with E-state index in [2.05, 4.69) is 24.8 Å². The third kappa shape index (κ3) is 2.15. The maximum absolute atomic E-state index is 5.87. The zero-order chi connectivity index (χ0) is 13.5. The largest absolute Gasteiger partial charge is 0.371 e. The number of nitrogens with two attached hydrogens (primary N) is 1. The van der Waals surface area contributed by atoms with E-state index in [1.54, 1.807) is 0 Å². The summed E-state index contributed by atoms with van der Waals surface area (Å²) in [6, 6.07) is 0. The summed E-state index contributed by atoms with van der Waals surface area (Å²) in [5.41, 5.74) is 5.87. The number of ether oxygens (including phenoxy) is 1. The van der Waals surface area contributed by atoms with Gasteiger partial charge in [0.25, 0.3) is 0 Å². The third-order valence-electron chi connectivity index (χ3n) is 4.34. The number of hydrogen-bond donors (Lipinski definition) is 1. The molecule has 7 nitrogen and oxygen atoms in total. The van der Waals surface area contributed by atoms with Crippen LogP contribution in [0.2, 0.25) is 0 Å². The van der Waals surface area contributed by atoms with Crippen LogP contribution < -0.4 is 15.5 Å². The second kappa shape index (κ2) is 4.73. The van der Waals surface area contributed by atoms with Crippen LogP contribution in [-0.4, -0.2) is 53.3 Å². The molecule has 0 aliphatic carbocycles. The van der Waals surface area contributed by atoms with Crippen molar-refractivity contribution >= 4 is 17.8 Å². The molecule has 0 saturated carbocycles. The Hall–Kier alpha value is -1.63. The van der Waals surface area contributed by atoms with E-state index in [1.807, 2.05) is 0 Å². The highest BCUT2D eigenvalue weighted by Crippen LogP contribution is 2.29. The first-order valence-electron chi connectivity index (χ1n) is 7.45. The van der Waals surface area contributed by atoms with E-state index in [9.17, 15) is 0 Å². The number of morpholine rings is 1. The molecular formula is C13H20N6O. The standard InChI is InChI=1S/C13H20N6O/c14-11-15-12(18-5-1-2-6-18)17-13(16-11)19-7-9-3-4-10(8-19)20-9/h9-10H,1-8H2,(H2,14,15,16,17). The van der Waals surface area contributed by atoms with E-state index in [-0.39, 0.29) is 0 Å². The van der Waals surface area contributed by atoms with Crippen molar-refractivity contribution < 1.29 is 4.74 Å². The Labute approximate surface area is 118 Å². The first-order valence-corrected chi connectivity index (χ1v) is 7.45. The molecule has 1 aromatic heterocycles. The lowest BCUT2D eigenvalue weighted by atomic mass is 10.2. The van der Waals surface area contributed by atoms with Gasteiger partial charge in [0.15, 0.2) is 0 Å². The van der Waals surface area contributed by atoms with Crippen molar-refractivity contribution in [2.24, 2.45) is 0 Å². The molecule has 2 unspecified atom stereocenters. The fourth-order valence-electron chi connectivity index (χ4n) is 3.35. The Morgan fingerprint density at radius 2 is 1.50 bits per heavy atom. The average Bonchev–Trinajstić information content (AvgIpc) is 3.08. The minimum absolute atomic E-state index is 0.315. The van der Waals surface area contributed by atoms with Gasteiger partial charge >= 0.3 is 0 Å². The van der Waals surface area contributed by atoms with Gasteiger partial charge < -0.3 is 20.3 Å². The third-order valence-corrected chi connectivity index (χ3v) is 4.34. The van der Waals surface area contributed by atoms with Crippen molar-refractivity contribution in [3.8, 4) is 0 Å². The van der Waals surface area contributed by atoms with Crippen LogP contribution in [0.5, 0.6) is 0 Å². The molecule has 3 aliphatic heterocycles. The molecule has 3 aliphatic rings. The average molecular weight is 276 g/mol. The zero-order valence-electron chi connectivity index (χ0n) is 11.5. The molecule has 20 heavy (non-hydrogen) atoms. The van der Waals surface area contributed by atoms with Gasteiger partial charge in [0.1, 0.15) is 0 Å². The molecule has 4 rings (SSSR count). The molecule has 7 heteroatoms. The lowest BCUT2D eigenvalue weighted by molar-refractivity contribution is 0.0299. The molecule has 108 valence electrons. The summed E-state index contributed by atoms with van der Waals surface area (Å²) in [4.78, 5) is 17.6. The Bertz CT molecular complexity index is 492. The number of hydrogen-bond acceptors (Lipinski definition) is 7. The van der Waals surface area contributed by atoms with Crippen molar-refractivity contribution in [3.63, 3.8) is 0 Å². The molecule has 0 aromatic carbocycles. The summed E-state index contributed by atoms with van der Waals surface area (Å²) in [5.74, 6) is 1.75. The molecule has 0 radical (unpaired) electrons. The first kappa shape index (κ1) is 12.1. The van der Waals surface area contributed by atoms with Crippen molar-refractivity contribution in [2.75, 3.05) is 41.7 Å². The lowest BCUT2D eigenvalue weighted by Crippen LogP contribution is -2.43. The van der Waals surface area contributed by atoms with Crippen LogP contribution in [0.4, 0.5) is 17.8 Å². The second-order valence-electron chi connectivity index (χ2n) is 5.85. The normalized spacial score (nSPS) is 29.2. The van der Waals surface area contributed by atoms with Crippen LogP contribution in [-0.2, 0) is 4.74 Å². The Morgan fingerprint density at radius 1 is 0.900 bits per heavy atom. The molecule has 4 heterocycles. The Balaban J connectivity index is 1.60. The lowest BCUT2D eigenvalue weighted by Gasteiger charge is -2.32. The van der Waals surface area contributed by atoms with Gasteiger partial charge in [-0.1, -0.05) is 0 Å². The van der Waals surface area contributed by atoms with Crippen LogP contribution in [0.1, 0.15) is 25.7 Å². The molecular weight excluding hydrogens is 256 g/mol. The summed E-state index contributed by atoms with van der Waals surface area (Å²) in [6.45, 7) is 3.74. The van der Waals surface area contributed by atoms with Gasteiger partial charge in [-0.3, -0.25) is 0 Å². The summed E-state index contributed by atoms with van der Waals surface area (Å²) >= 11 is 0. The van der Waals surface area contributed by atoms with Crippen LogP contribution in [0.15, 0.2) is 0 Å². The molecule has 3 saturated heterocycles. The van der Waals surface area contributed by atoms with Crippen LogP contribution in [0.25, 0.3) is 0 Å². The van der Waals surface area contributed by atoms with Crippen molar-refractivity contribution in [3.05, 3.63) is 0 Å². The fourth-order valence-corrected chi connectivity index (χ4v) is 3.35. The molecule has 3 fully saturated rings. The van der Waals surface area contributed by atoms with Gasteiger partial charge in [-0.25, -0.2) is 0 Å². The van der Waals surface area contributed by atoms with Gasteiger partial charge in [0, 0.05) is 26.2 Å². The van der Waals surface area contributed by atoms with Gasteiger partial charge in [-0.15, -0.1) is 0 Å². The van der Waals surface area contributed by atoms with Gasteiger partial charge in [-0.05, 0) is 25.7 Å². The monoisotopic (exact) mass is 276 g/mol. The highest BCUT2D eigenvalue weighted by Gasteiger charge is 2.35. The van der Waals surface area contributed by atoms with E-state index in [1.165, 1.54) is 12.8 Å². The zero-order valence-corrected chi connectivity index (χ0v) is 11.5. The van der Waals surface area contributed by atoms with Crippen molar-refractivity contribution in [2.45, 2.75) is 37.9 Å². The smallest absolute Gasteiger partial charge is 0.232 e. The van der Waals surface area contributed by atoms with E-state index < -0.39 is 0 Å². The predicted molar refractivity (Wildman–Crippen MR) is 75.8 cm³/mol. The van der Waals surface area contributed by atoms with Crippen molar-refractivity contribution in [1.29, 1.82) is 0 Å². The summed E-state index contributed by atoms with van der Waals surface area (Å²) in [6.07, 6.45) is 5.32. The maximum Gasteiger partial charge on any atom is 0.232 e. The van der Waals surface area contributed by atoms with E-state index in [0.717, 1.165) is 45.0 Å². The molecule has 2 atom stereocenters. The number of fused-ring (bicyclic) bond motifs is 2. The van der Waals surface area contributed by atoms with E-state index in [0.29, 0.717) is 24.1 Å². The summed E-state index contributed by atoms with van der Waals surface area (Å²) in [5, 5.41) is 0. The van der Waals surface area contributed by atoms with Crippen LogP contribution >= 0.6 is 0 Å². The summed E-state index contributed by atoms with van der Waals surface area (Å²) < 4.78 is 5.85. The van der Waals surface area contributed by atoms with E-state index >= 15 is 0 Å². The fraction of sp³-hybridized carbons (Fsp3) is 0.769. The van der Waals surface area contributed by atoms with Gasteiger partial charge in [0.05, 0.1) is 12.2 Å². The Morgan fingerprint density at radius 3 is 2.15 bits per heavy atom. The van der Waals surface area contributed by atoms with Crippen molar-refractivity contribution in [1.82, 2.24) is 15.0 Å². The SMILES string of the molecule is Nc1nc(N2CCCC2)nc(N2CC3CCC(C2)O3)n1. The maximum atomic E-state index is 5.87. The van der Waals surface area contributed by atoms with Crippen LogP contribution in [0.3, 0.4) is 0 Å². The molecule has 0 amide bonds. The molecule has 1 aromatic rings. The minimum atomic E-state index is 0.315. The predicted octanol–water partition coefficient (Wildman–Crippen LogP) is 0.422. The number of nitrogen functional groups attached to an aromatic ring is 1. The van der Waals surface area contributed by atoms with Gasteiger partial charge in [0.2, 0.25) is 17.8 Å². The second-order valence-corrected chi connectivity index (χ2v) is 5.85. The van der Waals surface area contributed by atoms with E-state index in [4.69, 9.17) is 10.5 Å². The quantitative estimate of drug-likeness (QED) is 0.838. The topological polar surface area (TPSA) is 80.4 Å². The molecule has 2 bridgehead atoms.